The molecule has 0 saturated heterocycles. The second-order valence-corrected chi connectivity index (χ2v) is 4.90. The summed E-state index contributed by atoms with van der Waals surface area (Å²) in [7, 11) is 1.56. The second kappa shape index (κ2) is 7.98. The van der Waals surface area contributed by atoms with Gasteiger partial charge in [0.15, 0.2) is 0 Å². The highest BCUT2D eigenvalue weighted by atomic mass is 16.5. The molecule has 0 aliphatic carbocycles. The Morgan fingerprint density at radius 3 is 2.83 bits per heavy atom. The van der Waals surface area contributed by atoms with Crippen molar-refractivity contribution in [2.75, 3.05) is 19.0 Å². The molecular weight excluding hydrogens is 296 g/mol. The van der Waals surface area contributed by atoms with Crippen LogP contribution < -0.4 is 15.4 Å². The minimum absolute atomic E-state index is 0.0998. The highest BCUT2D eigenvalue weighted by Gasteiger charge is 2.13. The van der Waals surface area contributed by atoms with E-state index in [1.54, 1.807) is 31.4 Å². The number of likely N-dealkylation sites (N-methyl/N-ethyl adjacent to an activating group) is 1. The number of para-hydroxylation sites is 1. The van der Waals surface area contributed by atoms with Gasteiger partial charge in [-0.2, -0.15) is 5.10 Å². The van der Waals surface area contributed by atoms with E-state index in [9.17, 15) is 9.59 Å². The Hall–Kier alpha value is -2.83. The monoisotopic (exact) mass is 316 g/mol. The number of hydrogen-bond acceptors (Lipinski definition) is 4. The SMILES string of the molecule is CCCOc1ccccc1C(=O)Nc1cnn(CC(=O)NC)c1. The molecule has 1 heterocycles. The minimum atomic E-state index is -0.281. The predicted molar refractivity (Wildman–Crippen MR) is 86.5 cm³/mol. The normalized spacial score (nSPS) is 10.2. The van der Waals surface area contributed by atoms with Gasteiger partial charge in [0.2, 0.25) is 5.91 Å². The predicted octanol–water partition coefficient (Wildman–Crippen LogP) is 1.67. The zero-order valence-corrected chi connectivity index (χ0v) is 13.2. The Morgan fingerprint density at radius 1 is 1.30 bits per heavy atom. The lowest BCUT2D eigenvalue weighted by Gasteiger charge is -2.10. The molecule has 7 heteroatoms. The van der Waals surface area contributed by atoms with Crippen LogP contribution in [0.3, 0.4) is 0 Å². The highest BCUT2D eigenvalue weighted by molar-refractivity contribution is 6.06. The van der Waals surface area contributed by atoms with Gasteiger partial charge in [-0.1, -0.05) is 19.1 Å². The van der Waals surface area contributed by atoms with Crippen molar-refractivity contribution in [3.05, 3.63) is 42.2 Å². The van der Waals surface area contributed by atoms with Gasteiger partial charge in [0.1, 0.15) is 12.3 Å². The lowest BCUT2D eigenvalue weighted by molar-refractivity contribution is -0.121. The first-order valence-corrected chi connectivity index (χ1v) is 7.40. The van der Waals surface area contributed by atoms with Crippen LogP contribution in [0.2, 0.25) is 0 Å². The summed E-state index contributed by atoms with van der Waals surface area (Å²) in [4.78, 5) is 23.7. The summed E-state index contributed by atoms with van der Waals surface area (Å²) in [6.07, 6.45) is 3.96. The third-order valence-corrected chi connectivity index (χ3v) is 3.07. The molecule has 0 spiro atoms. The first kappa shape index (κ1) is 16.5. The highest BCUT2D eigenvalue weighted by Crippen LogP contribution is 2.19. The zero-order chi connectivity index (χ0) is 16.7. The van der Waals surface area contributed by atoms with Crippen molar-refractivity contribution in [3.63, 3.8) is 0 Å². The maximum Gasteiger partial charge on any atom is 0.259 e. The standard InChI is InChI=1S/C16H20N4O3/c1-3-8-23-14-7-5-4-6-13(14)16(22)19-12-9-18-20(10-12)11-15(21)17-2/h4-7,9-10H,3,8,11H2,1-2H3,(H,17,21)(H,19,22). The molecule has 2 amide bonds. The van der Waals surface area contributed by atoms with E-state index < -0.39 is 0 Å². The number of nitrogens with one attached hydrogen (secondary N) is 2. The molecule has 2 aromatic rings. The maximum absolute atomic E-state index is 12.4. The summed E-state index contributed by atoms with van der Waals surface area (Å²) in [5.74, 6) is 0.102. The van der Waals surface area contributed by atoms with Gasteiger partial charge in [-0.05, 0) is 18.6 Å². The van der Waals surface area contributed by atoms with Crippen LogP contribution in [0.15, 0.2) is 36.7 Å². The molecule has 0 bridgehead atoms. The molecule has 122 valence electrons. The molecule has 0 radical (unpaired) electrons. The van der Waals surface area contributed by atoms with Crippen LogP contribution in [0.1, 0.15) is 23.7 Å². The van der Waals surface area contributed by atoms with Crippen molar-refractivity contribution >= 4 is 17.5 Å². The van der Waals surface area contributed by atoms with E-state index in [1.165, 1.54) is 10.9 Å². The molecule has 1 aromatic carbocycles. The molecule has 0 saturated carbocycles. The number of nitrogens with zero attached hydrogens (tertiary/aromatic N) is 2. The molecule has 1 aromatic heterocycles. The van der Waals surface area contributed by atoms with Crippen molar-refractivity contribution in [2.24, 2.45) is 0 Å². The quantitative estimate of drug-likeness (QED) is 0.813. The number of hydrogen-bond donors (Lipinski definition) is 2. The van der Waals surface area contributed by atoms with Crippen LogP contribution in [0.5, 0.6) is 5.75 Å². The average Bonchev–Trinajstić information content (AvgIpc) is 2.99. The summed E-state index contributed by atoms with van der Waals surface area (Å²) in [5.41, 5.74) is 0.976. The van der Waals surface area contributed by atoms with Gasteiger partial charge in [-0.25, -0.2) is 0 Å². The Morgan fingerprint density at radius 2 is 2.09 bits per heavy atom. The van der Waals surface area contributed by atoms with Gasteiger partial charge in [0.05, 0.1) is 24.1 Å². The maximum atomic E-state index is 12.4. The van der Waals surface area contributed by atoms with Crippen LogP contribution in [0, 0.1) is 0 Å². The summed E-state index contributed by atoms with van der Waals surface area (Å²) >= 11 is 0. The molecular formula is C16H20N4O3. The molecule has 2 rings (SSSR count). The van der Waals surface area contributed by atoms with Crippen molar-refractivity contribution in [3.8, 4) is 5.75 Å². The molecule has 0 atom stereocenters. The largest absolute Gasteiger partial charge is 0.493 e. The Balaban J connectivity index is 2.06. The van der Waals surface area contributed by atoms with Gasteiger partial charge >= 0.3 is 0 Å². The summed E-state index contributed by atoms with van der Waals surface area (Å²) < 4.78 is 7.04. The number of carbonyl (C=O) groups is 2. The van der Waals surface area contributed by atoms with Gasteiger partial charge in [-0.3, -0.25) is 14.3 Å². The van der Waals surface area contributed by atoms with Crippen LogP contribution in [-0.4, -0.2) is 35.2 Å². The smallest absolute Gasteiger partial charge is 0.259 e. The van der Waals surface area contributed by atoms with E-state index in [-0.39, 0.29) is 18.4 Å². The minimum Gasteiger partial charge on any atom is -0.493 e. The van der Waals surface area contributed by atoms with E-state index in [2.05, 4.69) is 15.7 Å². The van der Waals surface area contributed by atoms with Crippen molar-refractivity contribution in [1.82, 2.24) is 15.1 Å². The lowest BCUT2D eigenvalue weighted by atomic mass is 10.2. The Kier molecular flexibility index (Phi) is 5.74. The van der Waals surface area contributed by atoms with Crippen LogP contribution in [0.4, 0.5) is 5.69 Å². The van der Waals surface area contributed by atoms with E-state index in [0.717, 1.165) is 6.42 Å². The number of ether oxygens (including phenoxy) is 1. The van der Waals surface area contributed by atoms with Crippen LogP contribution in [0.25, 0.3) is 0 Å². The Bertz CT molecular complexity index is 681. The van der Waals surface area contributed by atoms with E-state index in [1.807, 2.05) is 13.0 Å². The van der Waals surface area contributed by atoms with Crippen molar-refractivity contribution < 1.29 is 14.3 Å². The molecule has 0 aliphatic rings. The number of amides is 2. The molecule has 23 heavy (non-hydrogen) atoms. The number of aromatic nitrogens is 2. The molecule has 0 aliphatic heterocycles. The molecule has 0 unspecified atom stereocenters. The van der Waals surface area contributed by atoms with Gasteiger partial charge < -0.3 is 15.4 Å². The number of carbonyl (C=O) groups excluding carboxylic acids is 2. The topological polar surface area (TPSA) is 85.2 Å². The third-order valence-electron chi connectivity index (χ3n) is 3.07. The van der Waals surface area contributed by atoms with Gasteiger partial charge in [0.25, 0.3) is 5.91 Å². The van der Waals surface area contributed by atoms with Gasteiger partial charge in [-0.15, -0.1) is 0 Å². The number of rotatable bonds is 7. The fourth-order valence-corrected chi connectivity index (χ4v) is 1.93. The van der Waals surface area contributed by atoms with Gasteiger partial charge in [0, 0.05) is 13.2 Å². The zero-order valence-electron chi connectivity index (χ0n) is 13.2. The van der Waals surface area contributed by atoms with Crippen molar-refractivity contribution in [1.29, 1.82) is 0 Å². The first-order chi connectivity index (χ1) is 11.1. The fraction of sp³-hybridized carbons (Fsp3) is 0.312. The van der Waals surface area contributed by atoms with Crippen LogP contribution >= 0.6 is 0 Å². The fourth-order valence-electron chi connectivity index (χ4n) is 1.93. The van der Waals surface area contributed by atoms with Crippen LogP contribution in [-0.2, 0) is 11.3 Å². The molecule has 2 N–H and O–H groups in total. The van der Waals surface area contributed by atoms with E-state index in [4.69, 9.17) is 4.74 Å². The Labute approximate surface area is 134 Å². The first-order valence-electron chi connectivity index (χ1n) is 7.40. The van der Waals surface area contributed by atoms with Crippen molar-refractivity contribution in [2.45, 2.75) is 19.9 Å². The summed E-state index contributed by atoms with van der Waals surface area (Å²) in [6, 6.07) is 7.07. The molecule has 7 nitrogen and oxygen atoms in total. The summed E-state index contributed by atoms with van der Waals surface area (Å²) in [5, 5.41) is 9.30. The number of benzene rings is 1. The lowest BCUT2D eigenvalue weighted by Crippen LogP contribution is -2.23. The molecule has 0 fully saturated rings. The third kappa shape index (κ3) is 4.57. The average molecular weight is 316 g/mol. The number of anilines is 1. The van der Waals surface area contributed by atoms with E-state index in [0.29, 0.717) is 23.6 Å². The second-order valence-electron chi connectivity index (χ2n) is 4.90. The van der Waals surface area contributed by atoms with E-state index >= 15 is 0 Å². The summed E-state index contributed by atoms with van der Waals surface area (Å²) in [6.45, 7) is 2.65.